The number of aromatic nitrogens is 2. The van der Waals surface area contributed by atoms with Crippen molar-refractivity contribution in [1.82, 2.24) is 14.9 Å². The highest BCUT2D eigenvalue weighted by Crippen LogP contribution is 2.25. The predicted molar refractivity (Wildman–Crippen MR) is 116 cm³/mol. The van der Waals surface area contributed by atoms with Crippen LogP contribution < -0.4 is 4.90 Å². The van der Waals surface area contributed by atoms with E-state index in [0.717, 1.165) is 60.7 Å². The fourth-order valence-electron chi connectivity index (χ4n) is 4.22. The molecule has 29 heavy (non-hydrogen) atoms. The number of rotatable bonds is 6. The first-order valence-electron chi connectivity index (χ1n) is 10.6. The number of pyridine rings is 2. The van der Waals surface area contributed by atoms with E-state index in [1.807, 2.05) is 24.3 Å². The fourth-order valence-corrected chi connectivity index (χ4v) is 4.22. The number of dihydropyridines is 1. The Labute approximate surface area is 171 Å². The van der Waals surface area contributed by atoms with Crippen molar-refractivity contribution in [2.75, 3.05) is 37.7 Å². The molecule has 0 spiro atoms. The Morgan fingerprint density at radius 3 is 2.93 bits per heavy atom. The van der Waals surface area contributed by atoms with Gasteiger partial charge in [-0.25, -0.2) is 4.98 Å². The van der Waals surface area contributed by atoms with E-state index in [-0.39, 0.29) is 6.23 Å². The Balaban J connectivity index is 1.20. The van der Waals surface area contributed by atoms with Gasteiger partial charge in [-0.3, -0.25) is 9.98 Å². The third-order valence-electron chi connectivity index (χ3n) is 5.78. The predicted octanol–water partition coefficient (Wildman–Crippen LogP) is 3.56. The number of aliphatic imine (C=N–C) groups is 1. The average Bonchev–Trinajstić information content (AvgIpc) is 3.29. The van der Waals surface area contributed by atoms with E-state index in [4.69, 9.17) is 14.7 Å². The van der Waals surface area contributed by atoms with Gasteiger partial charge < -0.3 is 14.5 Å². The number of ether oxygens (including phenoxy) is 1. The molecule has 1 unspecified atom stereocenters. The molecule has 5 heterocycles. The Hall–Kier alpha value is -2.57. The molecule has 1 atom stereocenters. The molecule has 1 saturated heterocycles. The van der Waals surface area contributed by atoms with E-state index in [1.165, 1.54) is 25.9 Å². The molecule has 3 aliphatic rings. The van der Waals surface area contributed by atoms with E-state index in [9.17, 15) is 0 Å². The first-order chi connectivity index (χ1) is 14.3. The molecule has 2 aromatic heterocycles. The van der Waals surface area contributed by atoms with Gasteiger partial charge in [0.2, 0.25) is 0 Å². The third kappa shape index (κ3) is 4.23. The monoisotopic (exact) mass is 389 g/mol. The first-order valence-corrected chi connectivity index (χ1v) is 10.6. The Bertz CT molecular complexity index is 961. The summed E-state index contributed by atoms with van der Waals surface area (Å²) in [7, 11) is 0. The zero-order valence-electron chi connectivity index (χ0n) is 16.7. The van der Waals surface area contributed by atoms with Crippen molar-refractivity contribution in [2.45, 2.75) is 31.9 Å². The smallest absolute Gasteiger partial charge is 0.167 e. The van der Waals surface area contributed by atoms with E-state index in [2.05, 4.69) is 33.1 Å². The van der Waals surface area contributed by atoms with Crippen molar-refractivity contribution in [3.8, 4) is 0 Å². The van der Waals surface area contributed by atoms with Crippen LogP contribution in [-0.2, 0) is 4.74 Å². The zero-order valence-corrected chi connectivity index (χ0v) is 16.7. The van der Waals surface area contributed by atoms with Crippen molar-refractivity contribution >= 4 is 22.6 Å². The van der Waals surface area contributed by atoms with Gasteiger partial charge in [-0.1, -0.05) is 6.08 Å². The molecule has 2 aromatic rings. The molecule has 0 bridgehead atoms. The van der Waals surface area contributed by atoms with Gasteiger partial charge in [-0.05, 0) is 62.7 Å². The van der Waals surface area contributed by atoms with Crippen LogP contribution in [0.1, 0.15) is 25.7 Å². The molecule has 0 aliphatic carbocycles. The summed E-state index contributed by atoms with van der Waals surface area (Å²) in [5.41, 5.74) is 4.13. The Morgan fingerprint density at radius 2 is 2.00 bits per heavy atom. The van der Waals surface area contributed by atoms with Gasteiger partial charge in [-0.2, -0.15) is 0 Å². The van der Waals surface area contributed by atoms with Crippen LogP contribution in [0.5, 0.6) is 0 Å². The van der Waals surface area contributed by atoms with E-state index in [1.54, 1.807) is 6.20 Å². The minimum atomic E-state index is -0.142. The topological polar surface area (TPSA) is 53.9 Å². The number of likely N-dealkylation sites (tertiary alicyclic amines) is 1. The number of nitrogens with zero attached hydrogens (tertiary/aromatic N) is 5. The number of anilines is 1. The minimum Gasteiger partial charge on any atom is -0.353 e. The third-order valence-corrected chi connectivity index (χ3v) is 5.78. The molecule has 0 saturated carbocycles. The molecule has 1 fully saturated rings. The molecule has 0 radical (unpaired) electrons. The molecule has 0 N–H and O–H groups in total. The summed E-state index contributed by atoms with van der Waals surface area (Å²) in [6, 6.07) is 7.99. The summed E-state index contributed by atoms with van der Waals surface area (Å²) < 4.78 is 5.99. The largest absolute Gasteiger partial charge is 0.353 e. The van der Waals surface area contributed by atoms with E-state index in [0.29, 0.717) is 0 Å². The normalized spacial score (nSPS) is 21.9. The molecule has 3 aliphatic heterocycles. The highest BCUT2D eigenvalue weighted by molar-refractivity contribution is 6.05. The minimum absolute atomic E-state index is 0.142. The van der Waals surface area contributed by atoms with E-state index >= 15 is 0 Å². The molecular formula is C23H27N5O. The van der Waals surface area contributed by atoms with Gasteiger partial charge >= 0.3 is 0 Å². The second kappa shape index (κ2) is 8.43. The summed E-state index contributed by atoms with van der Waals surface area (Å²) in [4.78, 5) is 18.7. The molecule has 6 heteroatoms. The van der Waals surface area contributed by atoms with Gasteiger partial charge in [0.05, 0.1) is 17.6 Å². The molecule has 0 amide bonds. The van der Waals surface area contributed by atoms with Gasteiger partial charge in [-0.15, -0.1) is 0 Å². The van der Waals surface area contributed by atoms with Gasteiger partial charge in [0, 0.05) is 43.2 Å². The Kier molecular flexibility index (Phi) is 5.37. The Morgan fingerprint density at radius 1 is 1.07 bits per heavy atom. The molecule has 0 aromatic carbocycles. The zero-order chi connectivity index (χ0) is 19.5. The van der Waals surface area contributed by atoms with Crippen molar-refractivity contribution in [3.63, 3.8) is 0 Å². The van der Waals surface area contributed by atoms with E-state index < -0.39 is 0 Å². The molecule has 6 nitrogen and oxygen atoms in total. The lowest BCUT2D eigenvalue weighted by atomic mass is 10.0. The van der Waals surface area contributed by atoms with Crippen molar-refractivity contribution < 1.29 is 4.74 Å². The maximum atomic E-state index is 5.99. The lowest BCUT2D eigenvalue weighted by Crippen LogP contribution is -2.30. The highest BCUT2D eigenvalue weighted by Gasteiger charge is 2.21. The van der Waals surface area contributed by atoms with Crippen LogP contribution >= 0.6 is 0 Å². The number of hydrogen-bond donors (Lipinski definition) is 0. The van der Waals surface area contributed by atoms with Crippen molar-refractivity contribution in [1.29, 1.82) is 0 Å². The maximum absolute atomic E-state index is 5.99. The van der Waals surface area contributed by atoms with Crippen LogP contribution in [0.15, 0.2) is 59.4 Å². The average molecular weight is 390 g/mol. The lowest BCUT2D eigenvalue weighted by Gasteiger charge is -2.28. The SMILES string of the molecule is C1=CC(OCCCN2CCCC2)N=C2CCN(c3ccc4ncccc4n3)C=C12. The number of allylic oxidation sites excluding steroid dienone is 2. The lowest BCUT2D eigenvalue weighted by molar-refractivity contribution is 0.0830. The van der Waals surface area contributed by atoms with Crippen LogP contribution in [0.2, 0.25) is 0 Å². The van der Waals surface area contributed by atoms with Gasteiger partial charge in [0.25, 0.3) is 0 Å². The maximum Gasteiger partial charge on any atom is 0.167 e. The van der Waals surface area contributed by atoms with Crippen LogP contribution in [-0.4, -0.2) is 59.6 Å². The summed E-state index contributed by atoms with van der Waals surface area (Å²) >= 11 is 0. The summed E-state index contributed by atoms with van der Waals surface area (Å²) in [5.74, 6) is 0.950. The fraction of sp³-hybridized carbons (Fsp3) is 0.435. The van der Waals surface area contributed by atoms with Crippen LogP contribution in [0.3, 0.4) is 0 Å². The summed E-state index contributed by atoms with van der Waals surface area (Å²) in [5, 5.41) is 0. The molecule has 150 valence electrons. The van der Waals surface area contributed by atoms with Crippen LogP contribution in [0, 0.1) is 0 Å². The quantitative estimate of drug-likeness (QED) is 0.707. The first kappa shape index (κ1) is 18.5. The van der Waals surface area contributed by atoms with Gasteiger partial charge in [0.15, 0.2) is 6.23 Å². The molecule has 5 rings (SSSR count). The molecular weight excluding hydrogens is 362 g/mol. The number of fused-ring (bicyclic) bond motifs is 2. The van der Waals surface area contributed by atoms with Crippen LogP contribution in [0.25, 0.3) is 11.0 Å². The highest BCUT2D eigenvalue weighted by atomic mass is 16.5. The number of hydrogen-bond acceptors (Lipinski definition) is 6. The standard InChI is InChI=1S/C23H27N5O/c1-2-13-27(12-1)14-4-16-29-23-9-6-18-17-28(15-10-19(18)26-23)22-8-7-20-21(25-22)5-3-11-24-20/h3,5-9,11,17,23H,1-2,4,10,12-16H2. The van der Waals surface area contributed by atoms with Gasteiger partial charge in [0.1, 0.15) is 5.82 Å². The van der Waals surface area contributed by atoms with Crippen molar-refractivity contribution in [3.05, 3.63) is 54.4 Å². The van der Waals surface area contributed by atoms with Crippen LogP contribution in [0.4, 0.5) is 5.82 Å². The summed E-state index contributed by atoms with van der Waals surface area (Å²) in [6.45, 7) is 5.28. The summed E-state index contributed by atoms with van der Waals surface area (Å²) in [6.07, 6.45) is 12.7. The second-order valence-corrected chi connectivity index (χ2v) is 7.84. The second-order valence-electron chi connectivity index (χ2n) is 7.84. The van der Waals surface area contributed by atoms with Crippen molar-refractivity contribution in [2.24, 2.45) is 4.99 Å².